The van der Waals surface area contributed by atoms with Crippen molar-refractivity contribution >= 4 is 11.6 Å². The Labute approximate surface area is 119 Å². The predicted octanol–water partition coefficient (Wildman–Crippen LogP) is 5.78. The van der Waals surface area contributed by atoms with Crippen LogP contribution in [0.25, 0.3) is 0 Å². The zero-order chi connectivity index (χ0) is 13.8. The molecule has 0 aromatic heterocycles. The van der Waals surface area contributed by atoms with E-state index in [1.54, 1.807) is 12.1 Å². The maximum atomic E-state index is 14.0. The fourth-order valence-corrected chi connectivity index (χ4v) is 3.40. The second-order valence-electron chi connectivity index (χ2n) is 5.58. The number of hydrogen-bond acceptors (Lipinski definition) is 0. The van der Waals surface area contributed by atoms with E-state index in [0.717, 1.165) is 31.6 Å². The van der Waals surface area contributed by atoms with Gasteiger partial charge in [-0.2, -0.15) is 0 Å². The van der Waals surface area contributed by atoms with E-state index in [2.05, 4.69) is 6.92 Å². The first-order valence-electron chi connectivity index (χ1n) is 7.20. The first kappa shape index (κ1) is 14.8. The molecule has 0 heterocycles. The maximum absolute atomic E-state index is 14.0. The lowest BCUT2D eigenvalue weighted by molar-refractivity contribution is 0.303. The van der Waals surface area contributed by atoms with Crippen LogP contribution in [0.1, 0.15) is 62.5 Å². The van der Waals surface area contributed by atoms with E-state index < -0.39 is 11.6 Å². The molecule has 3 heteroatoms. The summed E-state index contributed by atoms with van der Waals surface area (Å²) in [4.78, 5) is 0. The molecule has 1 aliphatic carbocycles. The van der Waals surface area contributed by atoms with Gasteiger partial charge >= 0.3 is 0 Å². The van der Waals surface area contributed by atoms with Gasteiger partial charge in [-0.3, -0.25) is 0 Å². The minimum Gasteiger partial charge on any atom is -0.203 e. The second kappa shape index (κ2) is 6.69. The molecule has 19 heavy (non-hydrogen) atoms. The zero-order valence-electron chi connectivity index (χ0n) is 11.4. The highest BCUT2D eigenvalue weighted by atomic mass is 35.5. The van der Waals surface area contributed by atoms with Crippen LogP contribution >= 0.6 is 11.6 Å². The van der Waals surface area contributed by atoms with Crippen LogP contribution in [-0.4, -0.2) is 0 Å². The summed E-state index contributed by atoms with van der Waals surface area (Å²) >= 11 is 5.59. The molecule has 1 saturated carbocycles. The molecule has 0 aliphatic heterocycles. The average molecular weight is 287 g/mol. The lowest BCUT2D eigenvalue weighted by Gasteiger charge is -2.29. The van der Waals surface area contributed by atoms with E-state index in [9.17, 15) is 8.78 Å². The maximum Gasteiger partial charge on any atom is 0.163 e. The van der Waals surface area contributed by atoms with Crippen LogP contribution in [0.15, 0.2) is 12.1 Å². The lowest BCUT2D eigenvalue weighted by Crippen LogP contribution is -2.15. The Bertz CT molecular complexity index is 423. The highest BCUT2D eigenvalue weighted by Crippen LogP contribution is 2.39. The monoisotopic (exact) mass is 286 g/mol. The molecule has 0 N–H and O–H groups in total. The number of hydrogen-bond donors (Lipinski definition) is 0. The Hall–Kier alpha value is -0.630. The SMILES string of the molecule is CCCC1CCC(c2ccc(CCl)c(F)c2F)CC1. The van der Waals surface area contributed by atoms with E-state index in [1.165, 1.54) is 12.8 Å². The molecule has 0 saturated heterocycles. The summed E-state index contributed by atoms with van der Waals surface area (Å²) in [6.45, 7) is 2.20. The second-order valence-corrected chi connectivity index (χ2v) is 5.85. The van der Waals surface area contributed by atoms with E-state index in [1.807, 2.05) is 0 Å². The van der Waals surface area contributed by atoms with Crippen molar-refractivity contribution < 1.29 is 8.78 Å². The highest BCUT2D eigenvalue weighted by Gasteiger charge is 2.25. The summed E-state index contributed by atoms with van der Waals surface area (Å²) in [7, 11) is 0. The largest absolute Gasteiger partial charge is 0.203 e. The lowest BCUT2D eigenvalue weighted by atomic mass is 9.77. The van der Waals surface area contributed by atoms with Gasteiger partial charge in [-0.25, -0.2) is 8.78 Å². The van der Waals surface area contributed by atoms with Crippen LogP contribution in [0.4, 0.5) is 8.78 Å². The minimum atomic E-state index is -0.761. The van der Waals surface area contributed by atoms with Gasteiger partial charge in [0.1, 0.15) is 0 Å². The first-order valence-corrected chi connectivity index (χ1v) is 7.73. The van der Waals surface area contributed by atoms with Gasteiger partial charge in [-0.15, -0.1) is 11.6 Å². The first-order chi connectivity index (χ1) is 9.17. The third kappa shape index (κ3) is 3.28. The van der Waals surface area contributed by atoms with Gasteiger partial charge < -0.3 is 0 Å². The summed E-state index contributed by atoms with van der Waals surface area (Å²) in [6, 6.07) is 3.35. The molecule has 0 radical (unpaired) electrons. The van der Waals surface area contributed by atoms with E-state index >= 15 is 0 Å². The summed E-state index contributed by atoms with van der Waals surface area (Å²) < 4.78 is 27.8. The van der Waals surface area contributed by atoms with Gasteiger partial charge in [0.15, 0.2) is 11.6 Å². The highest BCUT2D eigenvalue weighted by molar-refractivity contribution is 6.17. The minimum absolute atomic E-state index is 0.0201. The molecule has 1 fully saturated rings. The number of rotatable bonds is 4. The molecule has 0 spiro atoms. The fourth-order valence-electron chi connectivity index (χ4n) is 3.19. The molecular weight excluding hydrogens is 266 g/mol. The molecule has 106 valence electrons. The third-order valence-corrected chi connectivity index (χ3v) is 4.61. The van der Waals surface area contributed by atoms with Crippen LogP contribution < -0.4 is 0 Å². The summed E-state index contributed by atoms with van der Waals surface area (Å²) in [6.07, 6.45) is 6.69. The van der Waals surface area contributed by atoms with Gasteiger partial charge in [0, 0.05) is 5.56 Å². The Kier molecular flexibility index (Phi) is 5.20. The van der Waals surface area contributed by atoms with Crippen molar-refractivity contribution in [3.63, 3.8) is 0 Å². The van der Waals surface area contributed by atoms with Crippen LogP contribution in [0.5, 0.6) is 0 Å². The molecule has 0 bridgehead atoms. The molecule has 1 aromatic carbocycles. The molecule has 1 aromatic rings. The van der Waals surface area contributed by atoms with E-state index in [0.29, 0.717) is 5.56 Å². The zero-order valence-corrected chi connectivity index (χ0v) is 12.1. The molecule has 0 unspecified atom stereocenters. The van der Waals surface area contributed by atoms with Crippen molar-refractivity contribution in [2.75, 3.05) is 0 Å². The van der Waals surface area contributed by atoms with Crippen molar-refractivity contribution in [3.8, 4) is 0 Å². The molecule has 0 amide bonds. The molecule has 0 nitrogen and oxygen atoms in total. The molecule has 2 rings (SSSR count). The van der Waals surface area contributed by atoms with Gasteiger partial charge in [-0.05, 0) is 43.1 Å². The predicted molar refractivity (Wildman–Crippen MR) is 75.5 cm³/mol. The fraction of sp³-hybridized carbons (Fsp3) is 0.625. The van der Waals surface area contributed by atoms with Crippen molar-refractivity contribution in [3.05, 3.63) is 34.9 Å². The molecular formula is C16H21ClF2. The Morgan fingerprint density at radius 3 is 2.37 bits per heavy atom. The third-order valence-electron chi connectivity index (χ3n) is 4.32. The van der Waals surface area contributed by atoms with Crippen LogP contribution in [-0.2, 0) is 5.88 Å². The van der Waals surface area contributed by atoms with E-state index in [-0.39, 0.29) is 17.4 Å². The Morgan fingerprint density at radius 2 is 1.79 bits per heavy atom. The number of alkyl halides is 1. The van der Waals surface area contributed by atoms with Gasteiger partial charge in [0.2, 0.25) is 0 Å². The Balaban J connectivity index is 2.09. The Morgan fingerprint density at radius 1 is 1.11 bits per heavy atom. The van der Waals surface area contributed by atoms with Crippen LogP contribution in [0.2, 0.25) is 0 Å². The summed E-state index contributed by atoms with van der Waals surface area (Å²) in [5.41, 5.74) is 0.795. The number of benzene rings is 1. The topological polar surface area (TPSA) is 0 Å². The molecule has 0 atom stereocenters. The van der Waals surface area contributed by atoms with E-state index in [4.69, 9.17) is 11.6 Å². The quantitative estimate of drug-likeness (QED) is 0.616. The average Bonchev–Trinajstić information content (AvgIpc) is 2.43. The van der Waals surface area contributed by atoms with Crippen molar-refractivity contribution in [2.45, 2.75) is 57.2 Å². The van der Waals surface area contributed by atoms with Gasteiger partial charge in [0.25, 0.3) is 0 Å². The van der Waals surface area contributed by atoms with Crippen molar-refractivity contribution in [1.82, 2.24) is 0 Å². The normalized spacial score (nSPS) is 23.6. The summed E-state index contributed by atoms with van der Waals surface area (Å²) in [5.74, 6) is -0.477. The van der Waals surface area contributed by atoms with Crippen LogP contribution in [0, 0.1) is 17.6 Å². The smallest absolute Gasteiger partial charge is 0.163 e. The van der Waals surface area contributed by atoms with Gasteiger partial charge in [-0.1, -0.05) is 31.9 Å². The molecule has 1 aliphatic rings. The van der Waals surface area contributed by atoms with Gasteiger partial charge in [0.05, 0.1) is 5.88 Å². The van der Waals surface area contributed by atoms with Crippen molar-refractivity contribution in [2.24, 2.45) is 5.92 Å². The van der Waals surface area contributed by atoms with Crippen LogP contribution in [0.3, 0.4) is 0 Å². The van der Waals surface area contributed by atoms with Crippen molar-refractivity contribution in [1.29, 1.82) is 0 Å². The standard InChI is InChI=1S/C16H21ClF2/c1-2-3-11-4-6-12(7-5-11)14-9-8-13(10-17)15(18)16(14)19/h8-9,11-12H,2-7,10H2,1H3. The number of halogens is 3. The summed E-state index contributed by atoms with van der Waals surface area (Å²) in [5, 5.41) is 0.